The number of rotatable bonds is 8. The van der Waals surface area contributed by atoms with E-state index in [1.54, 1.807) is 6.20 Å². The van der Waals surface area contributed by atoms with Crippen LogP contribution in [0.2, 0.25) is 0 Å². The van der Waals surface area contributed by atoms with Crippen LogP contribution in [0, 0.1) is 19.8 Å². The summed E-state index contributed by atoms with van der Waals surface area (Å²) in [5, 5.41) is 1.09. The average molecular weight is 470 g/mol. The summed E-state index contributed by atoms with van der Waals surface area (Å²) in [6.07, 6.45) is 4.61. The molecule has 1 N–H and O–H groups in total. The third-order valence-electron chi connectivity index (χ3n) is 6.76. The van der Waals surface area contributed by atoms with E-state index in [0.29, 0.717) is 31.2 Å². The van der Waals surface area contributed by atoms with Gasteiger partial charge in [-0.3, -0.25) is 9.78 Å². The van der Waals surface area contributed by atoms with Crippen molar-refractivity contribution in [1.82, 2.24) is 14.9 Å². The van der Waals surface area contributed by atoms with Crippen molar-refractivity contribution in [2.45, 2.75) is 33.4 Å². The van der Waals surface area contributed by atoms with Crippen LogP contribution in [0.3, 0.4) is 0 Å². The highest BCUT2D eigenvalue weighted by Gasteiger charge is 2.21. The van der Waals surface area contributed by atoms with Gasteiger partial charge < -0.3 is 19.4 Å². The Bertz CT molecular complexity index is 1290. The maximum Gasteiger partial charge on any atom is 0.256 e. The van der Waals surface area contributed by atoms with Crippen molar-refractivity contribution in [2.24, 2.45) is 5.92 Å². The van der Waals surface area contributed by atoms with Gasteiger partial charge in [0.1, 0.15) is 5.75 Å². The predicted molar refractivity (Wildman–Crippen MR) is 136 cm³/mol. The summed E-state index contributed by atoms with van der Waals surface area (Å²) in [7, 11) is 0. The van der Waals surface area contributed by atoms with Crippen molar-refractivity contribution in [3.63, 3.8) is 0 Å². The van der Waals surface area contributed by atoms with Crippen LogP contribution in [0.15, 0.2) is 67.0 Å². The van der Waals surface area contributed by atoms with Crippen LogP contribution in [-0.4, -0.2) is 40.6 Å². The molecule has 0 radical (unpaired) electrons. The quantitative estimate of drug-likeness (QED) is 0.373. The molecule has 1 unspecified atom stereocenters. The molecule has 180 valence electrons. The Labute approximate surface area is 205 Å². The Morgan fingerprint density at radius 2 is 1.91 bits per heavy atom. The molecular weight excluding hydrogens is 438 g/mol. The number of nitrogens with zero attached hydrogens (tertiary/aromatic N) is 2. The Kier molecular flexibility index (Phi) is 6.82. The van der Waals surface area contributed by atoms with Crippen LogP contribution in [0.25, 0.3) is 10.9 Å². The molecule has 6 nitrogen and oxygen atoms in total. The number of benzene rings is 2. The predicted octanol–water partition coefficient (Wildman–Crippen LogP) is 5.44. The van der Waals surface area contributed by atoms with Gasteiger partial charge in [0.25, 0.3) is 5.91 Å². The van der Waals surface area contributed by atoms with Crippen molar-refractivity contribution in [3.8, 4) is 5.75 Å². The molecule has 1 aliphatic rings. The fourth-order valence-corrected chi connectivity index (χ4v) is 4.58. The van der Waals surface area contributed by atoms with E-state index in [9.17, 15) is 4.79 Å². The first-order valence-corrected chi connectivity index (χ1v) is 12.1. The van der Waals surface area contributed by atoms with E-state index in [-0.39, 0.29) is 5.91 Å². The van der Waals surface area contributed by atoms with Crippen LogP contribution in [0.1, 0.15) is 39.2 Å². The summed E-state index contributed by atoms with van der Waals surface area (Å²) in [6, 6.07) is 17.9. The van der Waals surface area contributed by atoms with Gasteiger partial charge >= 0.3 is 0 Å². The van der Waals surface area contributed by atoms with E-state index in [2.05, 4.69) is 23.0 Å². The van der Waals surface area contributed by atoms with Gasteiger partial charge in [-0.1, -0.05) is 30.3 Å². The molecule has 2 aromatic carbocycles. The first-order chi connectivity index (χ1) is 17.1. The van der Waals surface area contributed by atoms with Crippen molar-refractivity contribution in [1.29, 1.82) is 0 Å². The lowest BCUT2D eigenvalue weighted by atomic mass is 10.1. The van der Waals surface area contributed by atoms with E-state index in [0.717, 1.165) is 53.1 Å². The number of para-hydroxylation sites is 1. The Hall–Kier alpha value is -3.64. The molecule has 0 spiro atoms. The van der Waals surface area contributed by atoms with Crippen LogP contribution < -0.4 is 4.74 Å². The number of hydrogen-bond acceptors (Lipinski definition) is 4. The molecule has 0 saturated carbocycles. The molecule has 3 heterocycles. The third-order valence-corrected chi connectivity index (χ3v) is 6.76. The highest BCUT2D eigenvalue weighted by atomic mass is 16.5. The number of carbonyl (C=O) groups excluding carboxylic acids is 1. The van der Waals surface area contributed by atoms with Crippen LogP contribution in [0.4, 0.5) is 0 Å². The fraction of sp³-hybridized carbons (Fsp3) is 0.310. The molecule has 0 bridgehead atoms. The van der Waals surface area contributed by atoms with E-state index in [1.165, 1.54) is 5.56 Å². The minimum Gasteiger partial charge on any atom is -0.493 e. The van der Waals surface area contributed by atoms with Gasteiger partial charge in [0.15, 0.2) is 0 Å². The number of H-pyrrole nitrogens is 1. The minimum absolute atomic E-state index is 0.0118. The zero-order valence-electron chi connectivity index (χ0n) is 20.3. The normalized spacial score (nSPS) is 15.4. The molecule has 1 fully saturated rings. The highest BCUT2D eigenvalue weighted by Crippen LogP contribution is 2.26. The number of nitrogens with one attached hydrogen (secondary N) is 1. The number of amides is 1. The standard InChI is InChI=1S/C29H31N3O3/c1-20-21(2)31-28-26(20)6-3-7-27(28)29(33)32(17-23-5-4-13-30-15-23)16-22-8-10-25(11-9-22)35-19-24-12-14-34-18-24/h3-11,13,15,24,31H,12,14,16-19H2,1-2H3. The summed E-state index contributed by atoms with van der Waals surface area (Å²) in [6.45, 7) is 7.35. The van der Waals surface area contributed by atoms with Gasteiger partial charge in [0.05, 0.1) is 24.3 Å². The molecule has 2 aromatic heterocycles. The summed E-state index contributed by atoms with van der Waals surface area (Å²) in [5.41, 5.74) is 5.87. The van der Waals surface area contributed by atoms with Gasteiger partial charge in [0.2, 0.25) is 0 Å². The van der Waals surface area contributed by atoms with Crippen molar-refractivity contribution in [3.05, 3.63) is 94.9 Å². The molecule has 1 saturated heterocycles. The van der Waals surface area contributed by atoms with Crippen molar-refractivity contribution in [2.75, 3.05) is 19.8 Å². The van der Waals surface area contributed by atoms with E-state index in [1.807, 2.05) is 66.6 Å². The Balaban J connectivity index is 1.37. The number of aromatic amines is 1. The number of aryl methyl sites for hydroxylation is 2. The van der Waals surface area contributed by atoms with Crippen LogP contribution in [0.5, 0.6) is 5.75 Å². The number of hydrogen-bond donors (Lipinski definition) is 1. The third kappa shape index (κ3) is 5.23. The topological polar surface area (TPSA) is 67.5 Å². The van der Waals surface area contributed by atoms with Gasteiger partial charge in [-0.2, -0.15) is 0 Å². The number of fused-ring (bicyclic) bond motifs is 1. The second kappa shape index (κ2) is 10.3. The summed E-state index contributed by atoms with van der Waals surface area (Å²) < 4.78 is 11.4. The molecule has 5 rings (SSSR count). The second-order valence-electron chi connectivity index (χ2n) is 9.31. The SMILES string of the molecule is Cc1[nH]c2c(C(=O)N(Cc3ccc(OCC4CCOC4)cc3)Cc3cccnc3)cccc2c1C. The second-order valence-corrected chi connectivity index (χ2v) is 9.31. The first-order valence-electron chi connectivity index (χ1n) is 12.1. The van der Waals surface area contributed by atoms with Crippen LogP contribution >= 0.6 is 0 Å². The van der Waals surface area contributed by atoms with Crippen molar-refractivity contribution < 1.29 is 14.3 Å². The first kappa shape index (κ1) is 23.1. The largest absolute Gasteiger partial charge is 0.493 e. The lowest BCUT2D eigenvalue weighted by Crippen LogP contribution is -2.30. The molecule has 4 aromatic rings. The van der Waals surface area contributed by atoms with Gasteiger partial charge in [-0.15, -0.1) is 0 Å². The minimum atomic E-state index is -0.0118. The Morgan fingerprint density at radius 3 is 2.66 bits per heavy atom. The highest BCUT2D eigenvalue weighted by molar-refractivity contribution is 6.06. The lowest BCUT2D eigenvalue weighted by Gasteiger charge is -2.23. The average Bonchev–Trinajstić information content (AvgIpc) is 3.51. The Morgan fingerprint density at radius 1 is 1.09 bits per heavy atom. The van der Waals surface area contributed by atoms with Gasteiger partial charge in [-0.05, 0) is 61.2 Å². The summed E-state index contributed by atoms with van der Waals surface area (Å²) in [4.78, 5) is 23.4. The molecule has 0 aliphatic carbocycles. The number of aromatic nitrogens is 2. The molecule has 1 aliphatic heterocycles. The fourth-order valence-electron chi connectivity index (χ4n) is 4.58. The molecule has 6 heteroatoms. The van der Waals surface area contributed by atoms with Gasteiger partial charge in [0, 0.05) is 49.1 Å². The zero-order valence-corrected chi connectivity index (χ0v) is 20.3. The smallest absolute Gasteiger partial charge is 0.256 e. The molecule has 35 heavy (non-hydrogen) atoms. The summed E-state index contributed by atoms with van der Waals surface area (Å²) in [5.74, 6) is 1.29. The number of pyridine rings is 1. The van der Waals surface area contributed by atoms with E-state index < -0.39 is 0 Å². The maximum atomic E-state index is 13.9. The lowest BCUT2D eigenvalue weighted by molar-refractivity contribution is 0.0731. The van der Waals surface area contributed by atoms with Crippen LogP contribution in [-0.2, 0) is 17.8 Å². The van der Waals surface area contributed by atoms with E-state index in [4.69, 9.17) is 9.47 Å². The monoisotopic (exact) mass is 469 g/mol. The number of carbonyl (C=O) groups is 1. The molecule has 1 amide bonds. The molecule has 1 atom stereocenters. The van der Waals surface area contributed by atoms with E-state index >= 15 is 0 Å². The van der Waals surface area contributed by atoms with Gasteiger partial charge in [-0.25, -0.2) is 0 Å². The maximum absolute atomic E-state index is 13.9. The number of ether oxygens (including phenoxy) is 2. The summed E-state index contributed by atoms with van der Waals surface area (Å²) >= 11 is 0. The zero-order chi connectivity index (χ0) is 24.2. The molecular formula is C29H31N3O3. The van der Waals surface area contributed by atoms with Crippen molar-refractivity contribution >= 4 is 16.8 Å².